The number of alkyl halides is 3. The van der Waals surface area contributed by atoms with Gasteiger partial charge in [-0.15, -0.1) is 0 Å². The third kappa shape index (κ3) is 8.92. The van der Waals surface area contributed by atoms with Crippen molar-refractivity contribution >= 4 is 40.5 Å². The molecule has 3 aromatic rings. The Balaban J connectivity index is 1.84. The average Bonchev–Trinajstić information content (AvgIpc) is 3.39. The highest BCUT2D eigenvalue weighted by atomic mass is 35.5. The summed E-state index contributed by atoms with van der Waals surface area (Å²) in [4.78, 5) is 23.3. The maximum Gasteiger partial charge on any atom is 0.435 e. The summed E-state index contributed by atoms with van der Waals surface area (Å²) in [6.45, 7) is 9.90. The lowest BCUT2D eigenvalue weighted by Gasteiger charge is -2.26. The van der Waals surface area contributed by atoms with Crippen LogP contribution >= 0.6 is 11.6 Å². The molecule has 1 aliphatic rings. The zero-order chi connectivity index (χ0) is 33.6. The number of hydrogen-bond acceptors (Lipinski definition) is 7. The van der Waals surface area contributed by atoms with E-state index in [0.29, 0.717) is 25.4 Å². The second-order valence-corrected chi connectivity index (χ2v) is 11.1. The molecule has 10 nitrogen and oxygen atoms in total. The second-order valence-electron chi connectivity index (χ2n) is 10.7. The van der Waals surface area contributed by atoms with E-state index in [1.54, 1.807) is 26.8 Å². The van der Waals surface area contributed by atoms with Crippen molar-refractivity contribution in [2.24, 2.45) is 4.99 Å². The molecule has 1 aromatic carbocycles. The van der Waals surface area contributed by atoms with E-state index < -0.39 is 23.7 Å². The van der Waals surface area contributed by atoms with Crippen LogP contribution in [0.4, 0.5) is 23.2 Å². The number of aryl methyl sites for hydroxylation is 1. The Hall–Kier alpha value is -4.27. The fraction of sp³-hybridized carbons (Fsp3) is 0.355. The lowest BCUT2D eigenvalue weighted by Crippen LogP contribution is -2.38. The van der Waals surface area contributed by atoms with Gasteiger partial charge in [-0.2, -0.15) is 18.3 Å². The van der Waals surface area contributed by atoms with Crippen molar-refractivity contribution in [3.8, 4) is 5.88 Å². The number of amidine groups is 1. The molecule has 0 aliphatic carbocycles. The highest BCUT2D eigenvalue weighted by Crippen LogP contribution is 2.33. The SMILES string of the molecule is CC(C)=C/C(=C(\N=C(/C)Nc1ccc(F)c(Cl)c1)n1nc(C(F)(F)F)cc1C)c1cnc(OCCN2CCOCC2)c(C(=O)O)c1. The fourth-order valence-corrected chi connectivity index (χ4v) is 4.73. The number of allylic oxidation sites excluding steroid dienone is 3. The molecule has 0 atom stereocenters. The number of nitrogens with zero attached hydrogens (tertiary/aromatic N) is 5. The summed E-state index contributed by atoms with van der Waals surface area (Å²) >= 11 is 5.91. The smallest absolute Gasteiger partial charge is 0.435 e. The van der Waals surface area contributed by atoms with Gasteiger partial charge in [0.05, 0.1) is 18.2 Å². The number of carboxylic acids is 1. The normalized spacial score (nSPS) is 14.9. The maximum absolute atomic E-state index is 13.7. The number of pyridine rings is 1. The van der Waals surface area contributed by atoms with Crippen molar-refractivity contribution in [2.45, 2.75) is 33.9 Å². The number of carboxylic acid groups (broad SMARTS) is 1. The predicted octanol–water partition coefficient (Wildman–Crippen LogP) is 6.63. The molecule has 2 aromatic heterocycles. The molecular formula is C31H33ClF4N6O4. The van der Waals surface area contributed by atoms with Gasteiger partial charge in [0, 0.05) is 48.3 Å². The molecule has 0 saturated carbocycles. The predicted molar refractivity (Wildman–Crippen MR) is 167 cm³/mol. The minimum atomic E-state index is -4.74. The molecule has 0 bridgehead atoms. The van der Waals surface area contributed by atoms with Crippen molar-refractivity contribution in [2.75, 3.05) is 44.8 Å². The summed E-state index contributed by atoms with van der Waals surface area (Å²) in [5.41, 5.74) is 0.286. The Labute approximate surface area is 268 Å². The summed E-state index contributed by atoms with van der Waals surface area (Å²) in [5, 5.41) is 16.7. The minimum absolute atomic E-state index is 0.0634. The first-order chi connectivity index (χ1) is 21.7. The van der Waals surface area contributed by atoms with Crippen LogP contribution in [-0.4, -0.2) is 76.0 Å². The summed E-state index contributed by atoms with van der Waals surface area (Å²) in [6, 6.07) is 6.11. The van der Waals surface area contributed by atoms with E-state index in [0.717, 1.165) is 35.5 Å². The zero-order valence-electron chi connectivity index (χ0n) is 25.6. The van der Waals surface area contributed by atoms with Crippen LogP contribution in [0.2, 0.25) is 5.02 Å². The minimum Gasteiger partial charge on any atom is -0.477 e. The molecule has 4 rings (SSSR count). The Bertz CT molecular complexity index is 1680. The van der Waals surface area contributed by atoms with Crippen LogP contribution in [0, 0.1) is 12.7 Å². The van der Waals surface area contributed by atoms with Crippen molar-refractivity contribution in [3.05, 3.63) is 81.5 Å². The standard InChI is InChI=1S/C31H33ClF4N6O4/c1-18(2)13-23(21-15-24(30(43)44)29(37-17-21)46-12-9-41-7-10-45-11-8-41)28(42-19(3)14-27(40-42)31(34,35)36)39-20(4)38-22-5-6-26(33)25(32)16-22/h5-6,13-17H,7-12H2,1-4H3,(H,38,39)(H,43,44)/b28-23-. The molecule has 1 aliphatic heterocycles. The zero-order valence-corrected chi connectivity index (χ0v) is 26.3. The van der Waals surface area contributed by atoms with Crippen molar-refractivity contribution in [3.63, 3.8) is 0 Å². The number of aromatic nitrogens is 3. The van der Waals surface area contributed by atoms with Gasteiger partial charge in [0.15, 0.2) is 11.5 Å². The van der Waals surface area contributed by atoms with Gasteiger partial charge in [-0.3, -0.25) is 4.90 Å². The van der Waals surface area contributed by atoms with Crippen LogP contribution in [0.25, 0.3) is 11.4 Å². The highest BCUT2D eigenvalue weighted by Gasteiger charge is 2.35. The van der Waals surface area contributed by atoms with Crippen molar-refractivity contribution < 1.29 is 36.9 Å². The van der Waals surface area contributed by atoms with E-state index in [4.69, 9.17) is 21.1 Å². The van der Waals surface area contributed by atoms with E-state index in [9.17, 15) is 27.5 Å². The Morgan fingerprint density at radius 3 is 2.52 bits per heavy atom. The molecule has 46 heavy (non-hydrogen) atoms. The lowest BCUT2D eigenvalue weighted by atomic mass is 10.0. The molecule has 15 heteroatoms. The van der Waals surface area contributed by atoms with Crippen LogP contribution in [0.1, 0.15) is 48.1 Å². The van der Waals surface area contributed by atoms with Gasteiger partial charge in [0.1, 0.15) is 23.8 Å². The number of carbonyl (C=O) groups is 1. The van der Waals surface area contributed by atoms with Crippen LogP contribution < -0.4 is 10.1 Å². The van der Waals surface area contributed by atoms with Crippen LogP contribution in [0.15, 0.2) is 53.2 Å². The fourth-order valence-electron chi connectivity index (χ4n) is 4.55. The third-order valence-corrected chi connectivity index (χ3v) is 7.00. The van der Waals surface area contributed by atoms with Gasteiger partial charge in [-0.25, -0.2) is 23.8 Å². The molecule has 0 amide bonds. The van der Waals surface area contributed by atoms with E-state index in [1.807, 2.05) is 0 Å². The number of rotatable bonds is 10. The number of aromatic carboxylic acids is 1. The van der Waals surface area contributed by atoms with Gasteiger partial charge < -0.3 is 19.9 Å². The summed E-state index contributed by atoms with van der Waals surface area (Å²) < 4.78 is 67.0. The molecule has 1 saturated heterocycles. The summed E-state index contributed by atoms with van der Waals surface area (Å²) in [6.07, 6.45) is -1.73. The number of nitrogens with one attached hydrogen (secondary N) is 1. The first-order valence-electron chi connectivity index (χ1n) is 14.2. The number of aliphatic imine (C=N–C) groups is 1. The highest BCUT2D eigenvalue weighted by molar-refractivity contribution is 6.31. The molecule has 0 radical (unpaired) electrons. The van der Waals surface area contributed by atoms with Crippen LogP contribution in [0.3, 0.4) is 0 Å². The third-order valence-electron chi connectivity index (χ3n) is 6.71. The Morgan fingerprint density at radius 1 is 1.20 bits per heavy atom. The number of morpholine rings is 1. The number of benzene rings is 1. The molecule has 0 spiro atoms. The molecule has 2 N–H and O–H groups in total. The van der Waals surface area contributed by atoms with Crippen molar-refractivity contribution in [1.82, 2.24) is 19.7 Å². The molecule has 3 heterocycles. The maximum atomic E-state index is 13.7. The summed E-state index contributed by atoms with van der Waals surface area (Å²) in [7, 11) is 0. The van der Waals surface area contributed by atoms with Gasteiger partial charge in [0.25, 0.3) is 0 Å². The second kappa shape index (κ2) is 14.9. The lowest BCUT2D eigenvalue weighted by molar-refractivity contribution is -0.141. The van der Waals surface area contributed by atoms with E-state index in [2.05, 4.69) is 25.3 Å². The molecule has 246 valence electrons. The molecular weight excluding hydrogens is 632 g/mol. The average molecular weight is 665 g/mol. The van der Waals surface area contributed by atoms with Gasteiger partial charge in [0.2, 0.25) is 5.88 Å². The number of ether oxygens (including phenoxy) is 2. The monoisotopic (exact) mass is 664 g/mol. The number of anilines is 1. The quantitative estimate of drug-likeness (QED) is 0.108. The topological polar surface area (TPSA) is 114 Å². The number of halogens is 5. The van der Waals surface area contributed by atoms with Crippen LogP contribution in [-0.2, 0) is 10.9 Å². The van der Waals surface area contributed by atoms with Gasteiger partial charge in [-0.05, 0) is 58.0 Å². The molecule has 1 fully saturated rings. The van der Waals surface area contributed by atoms with E-state index in [1.165, 1.54) is 31.3 Å². The van der Waals surface area contributed by atoms with E-state index >= 15 is 0 Å². The van der Waals surface area contributed by atoms with Crippen LogP contribution in [0.5, 0.6) is 5.88 Å². The summed E-state index contributed by atoms with van der Waals surface area (Å²) in [5.74, 6) is -1.91. The van der Waals surface area contributed by atoms with Gasteiger partial charge >= 0.3 is 12.1 Å². The van der Waals surface area contributed by atoms with E-state index in [-0.39, 0.29) is 51.6 Å². The van der Waals surface area contributed by atoms with Gasteiger partial charge in [-0.1, -0.05) is 23.3 Å². The first kappa shape index (κ1) is 34.6. The Morgan fingerprint density at radius 2 is 1.91 bits per heavy atom. The first-order valence-corrected chi connectivity index (χ1v) is 14.6. The Kier molecular flexibility index (Phi) is 11.2. The molecule has 0 unspecified atom stereocenters. The largest absolute Gasteiger partial charge is 0.477 e. The van der Waals surface area contributed by atoms with Crippen molar-refractivity contribution in [1.29, 1.82) is 0 Å². The number of hydrogen-bond donors (Lipinski definition) is 2.